The van der Waals surface area contributed by atoms with Crippen LogP contribution in [0, 0.1) is 0 Å². The minimum atomic E-state index is 0.752. The molecule has 3 aromatic carbocycles. The summed E-state index contributed by atoms with van der Waals surface area (Å²) in [5.74, 6) is 0. The highest BCUT2D eigenvalue weighted by Crippen LogP contribution is 2.35. The predicted molar refractivity (Wildman–Crippen MR) is 105 cm³/mol. The molecule has 0 unspecified atom stereocenters. The molecule has 0 atom stereocenters. The molecule has 0 radical (unpaired) electrons. The van der Waals surface area contributed by atoms with E-state index in [9.17, 15) is 0 Å². The van der Waals surface area contributed by atoms with E-state index in [1.807, 2.05) is 18.2 Å². The lowest BCUT2D eigenvalue weighted by atomic mass is 10.0. The van der Waals surface area contributed by atoms with Crippen LogP contribution in [0.5, 0.6) is 0 Å². The van der Waals surface area contributed by atoms with Crippen LogP contribution in [0.25, 0.3) is 0 Å². The highest BCUT2D eigenvalue weighted by atomic mass is 35.5. The summed E-state index contributed by atoms with van der Waals surface area (Å²) in [5, 5.41) is 0.752. The lowest BCUT2D eigenvalue weighted by Crippen LogP contribution is -2.10. The van der Waals surface area contributed by atoms with Gasteiger partial charge in [-0.25, -0.2) is 0 Å². The fourth-order valence-corrected chi connectivity index (χ4v) is 3.17. The van der Waals surface area contributed by atoms with Crippen molar-refractivity contribution in [1.29, 1.82) is 0 Å². The van der Waals surface area contributed by atoms with Crippen molar-refractivity contribution in [2.45, 2.75) is 26.7 Å². The number of rotatable bonds is 5. The molecule has 2 heteroatoms. The van der Waals surface area contributed by atoms with Gasteiger partial charge in [0.1, 0.15) is 0 Å². The summed E-state index contributed by atoms with van der Waals surface area (Å²) in [7, 11) is 0. The van der Waals surface area contributed by atoms with Crippen LogP contribution in [0.3, 0.4) is 0 Å². The molecule has 0 aliphatic carbocycles. The lowest BCUT2D eigenvalue weighted by molar-refractivity contribution is 1.03. The molecule has 0 aliphatic rings. The fraction of sp³-hybridized carbons (Fsp3) is 0.182. The van der Waals surface area contributed by atoms with E-state index in [1.54, 1.807) is 0 Å². The first-order chi connectivity index (χ1) is 11.7. The van der Waals surface area contributed by atoms with E-state index in [0.717, 1.165) is 29.2 Å². The van der Waals surface area contributed by atoms with Crippen LogP contribution >= 0.6 is 11.6 Å². The number of halogens is 1. The van der Waals surface area contributed by atoms with E-state index >= 15 is 0 Å². The van der Waals surface area contributed by atoms with Crippen molar-refractivity contribution < 1.29 is 0 Å². The van der Waals surface area contributed by atoms with Crippen LogP contribution in [-0.2, 0) is 12.8 Å². The maximum atomic E-state index is 6.08. The molecule has 0 heterocycles. The Kier molecular flexibility index (Phi) is 5.22. The van der Waals surface area contributed by atoms with E-state index in [-0.39, 0.29) is 0 Å². The van der Waals surface area contributed by atoms with Crippen LogP contribution in [0.1, 0.15) is 25.0 Å². The molecule has 122 valence electrons. The maximum Gasteiger partial charge on any atom is 0.0464 e. The number of para-hydroxylation sites is 1. The third-order valence-corrected chi connectivity index (χ3v) is 4.56. The largest absolute Gasteiger partial charge is 0.310 e. The van der Waals surface area contributed by atoms with E-state index in [1.165, 1.54) is 16.8 Å². The molecular formula is C22H22ClN. The monoisotopic (exact) mass is 335 g/mol. The Labute approximate surface area is 149 Å². The number of hydrogen-bond acceptors (Lipinski definition) is 1. The summed E-state index contributed by atoms with van der Waals surface area (Å²) < 4.78 is 0. The topological polar surface area (TPSA) is 3.24 Å². The molecule has 1 nitrogen and oxygen atoms in total. The zero-order valence-corrected chi connectivity index (χ0v) is 14.9. The third kappa shape index (κ3) is 3.47. The molecule has 0 bridgehead atoms. The average molecular weight is 336 g/mol. The first-order valence-corrected chi connectivity index (χ1v) is 8.83. The SMILES string of the molecule is CCc1ccc(N(c2ccccc2)c2ccc(Cl)cc2)cc1CC. The van der Waals surface area contributed by atoms with Gasteiger partial charge in [0.2, 0.25) is 0 Å². The summed E-state index contributed by atoms with van der Waals surface area (Å²) >= 11 is 6.08. The molecule has 3 aromatic rings. The summed E-state index contributed by atoms with van der Waals surface area (Å²) in [6, 6.07) is 25.2. The van der Waals surface area contributed by atoms with Crippen LogP contribution < -0.4 is 4.90 Å². The molecule has 24 heavy (non-hydrogen) atoms. The van der Waals surface area contributed by atoms with Crippen molar-refractivity contribution in [2.24, 2.45) is 0 Å². The van der Waals surface area contributed by atoms with Crippen molar-refractivity contribution in [2.75, 3.05) is 4.90 Å². The van der Waals surface area contributed by atoms with Gasteiger partial charge in [0, 0.05) is 22.1 Å². The second kappa shape index (κ2) is 7.55. The van der Waals surface area contributed by atoms with Gasteiger partial charge in [0.25, 0.3) is 0 Å². The van der Waals surface area contributed by atoms with Gasteiger partial charge in [-0.15, -0.1) is 0 Å². The molecule has 0 aliphatic heterocycles. The number of aryl methyl sites for hydroxylation is 2. The summed E-state index contributed by atoms with van der Waals surface area (Å²) in [6.45, 7) is 4.43. The van der Waals surface area contributed by atoms with Crippen LogP contribution in [-0.4, -0.2) is 0 Å². The predicted octanol–water partition coefficient (Wildman–Crippen LogP) is 6.93. The van der Waals surface area contributed by atoms with Gasteiger partial charge < -0.3 is 4.90 Å². The van der Waals surface area contributed by atoms with Crippen molar-refractivity contribution >= 4 is 28.7 Å². The molecular weight excluding hydrogens is 314 g/mol. The maximum absolute atomic E-state index is 6.08. The highest BCUT2D eigenvalue weighted by molar-refractivity contribution is 6.30. The first kappa shape index (κ1) is 16.6. The summed E-state index contributed by atoms with van der Waals surface area (Å²) in [5.41, 5.74) is 6.26. The Morgan fingerprint density at radius 2 is 1.25 bits per heavy atom. The molecule has 0 saturated carbocycles. The smallest absolute Gasteiger partial charge is 0.0464 e. The second-order valence-corrected chi connectivity index (χ2v) is 6.24. The van der Waals surface area contributed by atoms with E-state index in [2.05, 4.69) is 73.3 Å². The zero-order chi connectivity index (χ0) is 16.9. The van der Waals surface area contributed by atoms with Crippen LogP contribution in [0.2, 0.25) is 5.02 Å². The van der Waals surface area contributed by atoms with Crippen molar-refractivity contribution in [3.05, 3.63) is 88.9 Å². The van der Waals surface area contributed by atoms with E-state index in [4.69, 9.17) is 11.6 Å². The molecule has 0 saturated heterocycles. The van der Waals surface area contributed by atoms with Gasteiger partial charge in [0.15, 0.2) is 0 Å². The number of anilines is 3. The minimum absolute atomic E-state index is 0.752. The Morgan fingerprint density at radius 3 is 1.88 bits per heavy atom. The summed E-state index contributed by atoms with van der Waals surface area (Å²) in [4.78, 5) is 2.27. The Hall–Kier alpha value is -2.25. The Balaban J connectivity index is 2.13. The Bertz CT molecular complexity index is 794. The van der Waals surface area contributed by atoms with Crippen LogP contribution in [0.15, 0.2) is 72.8 Å². The van der Waals surface area contributed by atoms with Gasteiger partial charge in [0.05, 0.1) is 0 Å². The molecule has 0 spiro atoms. The normalized spacial score (nSPS) is 10.6. The third-order valence-electron chi connectivity index (χ3n) is 4.31. The lowest BCUT2D eigenvalue weighted by Gasteiger charge is -2.26. The summed E-state index contributed by atoms with van der Waals surface area (Å²) in [6.07, 6.45) is 2.11. The second-order valence-electron chi connectivity index (χ2n) is 5.81. The fourth-order valence-electron chi connectivity index (χ4n) is 3.04. The molecule has 0 fully saturated rings. The van der Waals surface area contributed by atoms with Gasteiger partial charge in [-0.2, -0.15) is 0 Å². The number of hydrogen-bond donors (Lipinski definition) is 0. The first-order valence-electron chi connectivity index (χ1n) is 8.45. The van der Waals surface area contributed by atoms with Crippen molar-refractivity contribution in [3.8, 4) is 0 Å². The number of benzene rings is 3. The van der Waals surface area contributed by atoms with Crippen molar-refractivity contribution in [1.82, 2.24) is 0 Å². The van der Waals surface area contributed by atoms with Crippen LogP contribution in [0.4, 0.5) is 17.1 Å². The Morgan fingerprint density at radius 1 is 0.667 bits per heavy atom. The van der Waals surface area contributed by atoms with Gasteiger partial charge in [-0.05, 0) is 72.5 Å². The van der Waals surface area contributed by atoms with Gasteiger partial charge >= 0.3 is 0 Å². The van der Waals surface area contributed by atoms with Gasteiger partial charge in [-0.3, -0.25) is 0 Å². The highest BCUT2D eigenvalue weighted by Gasteiger charge is 2.13. The molecule has 3 rings (SSSR count). The quantitative estimate of drug-likeness (QED) is 0.488. The van der Waals surface area contributed by atoms with Gasteiger partial charge in [-0.1, -0.05) is 49.7 Å². The standard InChI is InChI=1S/C22H22ClN/c1-3-17-10-13-22(16-18(17)4-2)24(20-8-6-5-7-9-20)21-14-11-19(23)12-15-21/h5-16H,3-4H2,1-2H3. The molecule has 0 amide bonds. The van der Waals surface area contributed by atoms with Crippen molar-refractivity contribution in [3.63, 3.8) is 0 Å². The van der Waals surface area contributed by atoms with E-state index in [0.29, 0.717) is 0 Å². The average Bonchev–Trinajstić information content (AvgIpc) is 2.64. The molecule has 0 aromatic heterocycles. The molecule has 0 N–H and O–H groups in total. The zero-order valence-electron chi connectivity index (χ0n) is 14.2. The minimum Gasteiger partial charge on any atom is -0.310 e. The number of nitrogens with zero attached hydrogens (tertiary/aromatic N) is 1. The van der Waals surface area contributed by atoms with E-state index < -0.39 is 0 Å².